The average Bonchev–Trinajstić information content (AvgIpc) is 2.10. The highest BCUT2D eigenvalue weighted by molar-refractivity contribution is 8.00. The molecule has 1 rings (SSSR count). The van der Waals surface area contributed by atoms with Crippen molar-refractivity contribution in [1.29, 1.82) is 0 Å². The second-order valence-corrected chi connectivity index (χ2v) is 6.12. The minimum Gasteiger partial charge on any atom is -0.463 e. The second-order valence-electron chi connectivity index (χ2n) is 4.32. The predicted molar refractivity (Wildman–Crippen MR) is 65.6 cm³/mol. The maximum atomic E-state index is 5.59. The molecule has 6 heteroatoms. The molecule has 0 saturated carbocycles. The standard InChI is InChI=1S/C10H18N4OS/c1-5-6-15-8-12-7(11)13-9(14-8)16-10(2,3)4/h5-6H2,1-4H3,(H2,11,12,13,14). The van der Waals surface area contributed by atoms with Crippen LogP contribution in [0.1, 0.15) is 34.1 Å². The van der Waals surface area contributed by atoms with E-state index in [1.54, 1.807) is 11.8 Å². The van der Waals surface area contributed by atoms with E-state index in [9.17, 15) is 0 Å². The summed E-state index contributed by atoms with van der Waals surface area (Å²) in [5, 5.41) is 0.603. The molecule has 1 heterocycles. The number of hydrogen-bond donors (Lipinski definition) is 1. The molecule has 0 spiro atoms. The van der Waals surface area contributed by atoms with E-state index in [4.69, 9.17) is 10.5 Å². The van der Waals surface area contributed by atoms with Crippen LogP contribution in [-0.2, 0) is 0 Å². The van der Waals surface area contributed by atoms with Gasteiger partial charge in [-0.2, -0.15) is 15.0 Å². The maximum Gasteiger partial charge on any atom is 0.322 e. The number of aromatic nitrogens is 3. The van der Waals surface area contributed by atoms with Gasteiger partial charge in [-0.3, -0.25) is 0 Å². The monoisotopic (exact) mass is 242 g/mol. The van der Waals surface area contributed by atoms with E-state index in [2.05, 4.69) is 35.7 Å². The largest absolute Gasteiger partial charge is 0.463 e. The van der Waals surface area contributed by atoms with Crippen LogP contribution in [0.15, 0.2) is 5.16 Å². The molecule has 0 radical (unpaired) electrons. The number of nitrogens with zero attached hydrogens (tertiary/aromatic N) is 3. The molecule has 0 amide bonds. The van der Waals surface area contributed by atoms with Gasteiger partial charge < -0.3 is 10.5 Å². The van der Waals surface area contributed by atoms with Crippen molar-refractivity contribution >= 4 is 17.7 Å². The van der Waals surface area contributed by atoms with Gasteiger partial charge in [0.1, 0.15) is 0 Å². The Kier molecular flexibility index (Phi) is 4.35. The topological polar surface area (TPSA) is 73.9 Å². The molecule has 90 valence electrons. The molecule has 1 aromatic rings. The fourth-order valence-electron chi connectivity index (χ4n) is 0.930. The van der Waals surface area contributed by atoms with Gasteiger partial charge in [-0.05, 0) is 6.42 Å². The molecule has 0 bridgehead atoms. The van der Waals surface area contributed by atoms with Gasteiger partial charge in [-0.25, -0.2) is 0 Å². The molecule has 0 aliphatic carbocycles. The number of ether oxygens (including phenoxy) is 1. The molecule has 0 aliphatic heterocycles. The van der Waals surface area contributed by atoms with E-state index in [-0.39, 0.29) is 10.7 Å². The maximum absolute atomic E-state index is 5.59. The number of thioether (sulfide) groups is 1. The summed E-state index contributed by atoms with van der Waals surface area (Å²) in [6.45, 7) is 8.87. The first-order valence-corrected chi connectivity index (χ1v) is 6.05. The zero-order valence-corrected chi connectivity index (χ0v) is 11.0. The summed E-state index contributed by atoms with van der Waals surface area (Å²) in [7, 11) is 0. The first-order valence-electron chi connectivity index (χ1n) is 5.24. The number of nitrogen functional groups attached to an aromatic ring is 1. The fraction of sp³-hybridized carbons (Fsp3) is 0.700. The van der Waals surface area contributed by atoms with Gasteiger partial charge in [-0.1, -0.05) is 39.5 Å². The smallest absolute Gasteiger partial charge is 0.322 e. The van der Waals surface area contributed by atoms with E-state index in [1.807, 2.05) is 6.92 Å². The Morgan fingerprint density at radius 3 is 2.50 bits per heavy atom. The van der Waals surface area contributed by atoms with Crippen LogP contribution in [-0.4, -0.2) is 26.3 Å². The van der Waals surface area contributed by atoms with Crippen LogP contribution in [0.25, 0.3) is 0 Å². The highest BCUT2D eigenvalue weighted by atomic mass is 32.2. The summed E-state index contributed by atoms with van der Waals surface area (Å²) in [5.41, 5.74) is 5.59. The molecule has 5 nitrogen and oxygen atoms in total. The predicted octanol–water partition coefficient (Wildman–Crippen LogP) is 2.13. The molecule has 16 heavy (non-hydrogen) atoms. The van der Waals surface area contributed by atoms with Crippen LogP contribution < -0.4 is 10.5 Å². The Morgan fingerprint density at radius 1 is 1.25 bits per heavy atom. The molecule has 1 aromatic heterocycles. The summed E-state index contributed by atoms with van der Waals surface area (Å²) in [6.07, 6.45) is 0.910. The van der Waals surface area contributed by atoms with Gasteiger partial charge in [-0.15, -0.1) is 0 Å². The van der Waals surface area contributed by atoms with Gasteiger partial charge in [0.2, 0.25) is 5.95 Å². The minimum atomic E-state index is 0.0375. The van der Waals surface area contributed by atoms with Crippen molar-refractivity contribution < 1.29 is 4.74 Å². The number of rotatable bonds is 4. The van der Waals surface area contributed by atoms with Crippen LogP contribution in [0.2, 0.25) is 0 Å². The second kappa shape index (κ2) is 5.34. The molecule has 0 unspecified atom stereocenters. The van der Waals surface area contributed by atoms with E-state index in [0.717, 1.165) is 6.42 Å². The summed E-state index contributed by atoms with van der Waals surface area (Å²) in [5.74, 6) is 0.202. The van der Waals surface area contributed by atoms with Gasteiger partial charge >= 0.3 is 6.01 Å². The van der Waals surface area contributed by atoms with Crippen LogP contribution in [0.4, 0.5) is 5.95 Å². The molecule has 0 fully saturated rings. The lowest BCUT2D eigenvalue weighted by Crippen LogP contribution is -2.11. The average molecular weight is 242 g/mol. The normalized spacial score (nSPS) is 11.5. The highest BCUT2D eigenvalue weighted by Gasteiger charge is 2.16. The number of nitrogens with two attached hydrogens (primary N) is 1. The SMILES string of the molecule is CCCOc1nc(N)nc(SC(C)(C)C)n1. The third kappa shape index (κ3) is 4.65. The Bertz CT molecular complexity index is 351. The summed E-state index contributed by atoms with van der Waals surface area (Å²) < 4.78 is 5.37. The van der Waals surface area contributed by atoms with E-state index >= 15 is 0 Å². The van der Waals surface area contributed by atoms with Crippen LogP contribution in [0.5, 0.6) is 6.01 Å². The van der Waals surface area contributed by atoms with Crippen LogP contribution >= 0.6 is 11.8 Å². The van der Waals surface area contributed by atoms with E-state index in [0.29, 0.717) is 17.8 Å². The zero-order chi connectivity index (χ0) is 12.2. The third-order valence-corrected chi connectivity index (χ3v) is 2.42. The summed E-state index contributed by atoms with van der Waals surface area (Å²) in [6, 6.07) is 0.307. The number of anilines is 1. The van der Waals surface area contributed by atoms with Crippen molar-refractivity contribution in [2.75, 3.05) is 12.3 Å². The van der Waals surface area contributed by atoms with E-state index < -0.39 is 0 Å². The quantitative estimate of drug-likeness (QED) is 0.815. The van der Waals surface area contributed by atoms with Crippen molar-refractivity contribution in [2.24, 2.45) is 0 Å². The lowest BCUT2D eigenvalue weighted by molar-refractivity contribution is 0.288. The first-order chi connectivity index (χ1) is 7.40. The minimum absolute atomic E-state index is 0.0375. The van der Waals surface area contributed by atoms with E-state index in [1.165, 1.54) is 0 Å². The lowest BCUT2D eigenvalue weighted by atomic mass is 10.3. The Hall–Kier alpha value is -1.04. The Labute approximate surface area is 100 Å². The van der Waals surface area contributed by atoms with Crippen LogP contribution in [0, 0.1) is 0 Å². The van der Waals surface area contributed by atoms with Crippen molar-refractivity contribution in [3.63, 3.8) is 0 Å². The summed E-state index contributed by atoms with van der Waals surface area (Å²) >= 11 is 1.54. The molecule has 0 saturated heterocycles. The molecular weight excluding hydrogens is 224 g/mol. The molecule has 2 N–H and O–H groups in total. The molecular formula is C10H18N4OS. The molecule has 0 atom stereocenters. The van der Waals surface area contributed by atoms with Crippen molar-refractivity contribution in [2.45, 2.75) is 44.0 Å². The molecule has 0 aliphatic rings. The Morgan fingerprint density at radius 2 is 1.94 bits per heavy atom. The zero-order valence-electron chi connectivity index (χ0n) is 10.1. The summed E-state index contributed by atoms with van der Waals surface area (Å²) in [4.78, 5) is 12.2. The van der Waals surface area contributed by atoms with Crippen LogP contribution in [0.3, 0.4) is 0 Å². The van der Waals surface area contributed by atoms with Crippen molar-refractivity contribution in [1.82, 2.24) is 15.0 Å². The van der Waals surface area contributed by atoms with Crippen molar-refractivity contribution in [3.8, 4) is 6.01 Å². The third-order valence-electron chi connectivity index (χ3n) is 1.44. The lowest BCUT2D eigenvalue weighted by Gasteiger charge is -2.16. The fourth-order valence-corrected chi connectivity index (χ4v) is 1.74. The Balaban J connectivity index is 2.81. The van der Waals surface area contributed by atoms with Gasteiger partial charge in [0, 0.05) is 4.75 Å². The highest BCUT2D eigenvalue weighted by Crippen LogP contribution is 2.29. The molecule has 0 aromatic carbocycles. The van der Waals surface area contributed by atoms with Gasteiger partial charge in [0.15, 0.2) is 5.16 Å². The number of hydrogen-bond acceptors (Lipinski definition) is 6. The van der Waals surface area contributed by atoms with Gasteiger partial charge in [0.25, 0.3) is 0 Å². The van der Waals surface area contributed by atoms with Gasteiger partial charge in [0.05, 0.1) is 6.61 Å². The van der Waals surface area contributed by atoms with Crippen molar-refractivity contribution in [3.05, 3.63) is 0 Å². The first kappa shape index (κ1) is 13.0.